The van der Waals surface area contributed by atoms with Crippen LogP contribution in [0.3, 0.4) is 0 Å². The van der Waals surface area contributed by atoms with Gasteiger partial charge in [0.1, 0.15) is 0 Å². The Kier molecular flexibility index (Phi) is 4.89. The zero-order valence-electron chi connectivity index (χ0n) is 11.6. The highest BCUT2D eigenvalue weighted by Crippen LogP contribution is 2.35. The molecule has 21 heavy (non-hydrogen) atoms. The summed E-state index contributed by atoms with van der Waals surface area (Å²) in [4.78, 5) is 12.3. The average Bonchev–Trinajstić information content (AvgIpc) is 2.91. The van der Waals surface area contributed by atoms with Crippen LogP contribution in [0.1, 0.15) is 40.7 Å². The van der Waals surface area contributed by atoms with Gasteiger partial charge in [-0.15, -0.1) is 11.3 Å². The van der Waals surface area contributed by atoms with Gasteiger partial charge in [-0.2, -0.15) is 13.2 Å². The Bertz CT molecular complexity index is 580. The first kappa shape index (κ1) is 15.8. The van der Waals surface area contributed by atoms with Gasteiger partial charge in [-0.25, -0.2) is 4.98 Å². The summed E-state index contributed by atoms with van der Waals surface area (Å²) in [6.45, 7) is 4.46. The molecule has 0 spiro atoms. The Morgan fingerprint density at radius 3 is 2.48 bits per heavy atom. The first-order valence-corrected chi connectivity index (χ1v) is 7.28. The van der Waals surface area contributed by atoms with Gasteiger partial charge < -0.3 is 5.32 Å². The molecule has 8 heteroatoms. The first-order chi connectivity index (χ1) is 9.91. The number of hydrogen-bond donors (Lipinski definition) is 1. The highest BCUT2D eigenvalue weighted by atomic mass is 32.1. The van der Waals surface area contributed by atoms with Crippen molar-refractivity contribution in [2.45, 2.75) is 32.5 Å². The molecule has 2 aromatic rings. The molecule has 0 amide bonds. The number of nitrogens with one attached hydrogen (secondary N) is 1. The lowest BCUT2D eigenvalue weighted by Crippen LogP contribution is -2.23. The van der Waals surface area contributed by atoms with Gasteiger partial charge in [0.15, 0.2) is 5.01 Å². The van der Waals surface area contributed by atoms with Crippen LogP contribution in [0.5, 0.6) is 0 Å². The van der Waals surface area contributed by atoms with E-state index in [4.69, 9.17) is 0 Å². The number of halogens is 3. The van der Waals surface area contributed by atoms with Crippen LogP contribution in [0.25, 0.3) is 0 Å². The topological polar surface area (TPSA) is 50.7 Å². The number of hydrogen-bond acceptors (Lipinski definition) is 5. The molecule has 2 aromatic heterocycles. The summed E-state index contributed by atoms with van der Waals surface area (Å²) in [7, 11) is 0. The largest absolute Gasteiger partial charge is 0.443 e. The second kappa shape index (κ2) is 6.48. The van der Waals surface area contributed by atoms with Crippen LogP contribution in [0.2, 0.25) is 0 Å². The molecular weight excluding hydrogens is 301 g/mol. The van der Waals surface area contributed by atoms with E-state index in [-0.39, 0.29) is 0 Å². The van der Waals surface area contributed by atoms with E-state index in [2.05, 4.69) is 20.3 Å². The lowest BCUT2D eigenvalue weighted by Gasteiger charge is -2.15. The summed E-state index contributed by atoms with van der Waals surface area (Å²) < 4.78 is 38.0. The highest BCUT2D eigenvalue weighted by Gasteiger charge is 2.35. The van der Waals surface area contributed by atoms with E-state index < -0.39 is 17.2 Å². The summed E-state index contributed by atoms with van der Waals surface area (Å²) in [5.74, 6) is 0. The number of aromatic nitrogens is 3. The predicted molar refractivity (Wildman–Crippen MR) is 74.0 cm³/mol. The molecule has 4 nitrogen and oxygen atoms in total. The third-order valence-corrected chi connectivity index (χ3v) is 3.85. The molecule has 1 N–H and O–H groups in total. The van der Waals surface area contributed by atoms with E-state index in [0.29, 0.717) is 28.5 Å². The smallest absolute Gasteiger partial charge is 0.304 e. The van der Waals surface area contributed by atoms with E-state index in [0.717, 1.165) is 12.1 Å². The summed E-state index contributed by atoms with van der Waals surface area (Å²) >= 11 is 0.631. The molecule has 0 aromatic carbocycles. The van der Waals surface area contributed by atoms with E-state index in [1.165, 1.54) is 6.20 Å². The van der Waals surface area contributed by atoms with Crippen LogP contribution >= 0.6 is 11.3 Å². The van der Waals surface area contributed by atoms with Crippen molar-refractivity contribution in [2.75, 3.05) is 6.54 Å². The summed E-state index contributed by atoms with van der Waals surface area (Å²) in [6, 6.07) is -0.424. The van der Waals surface area contributed by atoms with Crippen LogP contribution < -0.4 is 5.32 Å². The lowest BCUT2D eigenvalue weighted by atomic mass is 10.2. The van der Waals surface area contributed by atoms with Gasteiger partial charge in [0.2, 0.25) is 0 Å². The highest BCUT2D eigenvalue weighted by molar-refractivity contribution is 7.11. The second-order valence-corrected chi connectivity index (χ2v) is 5.60. The normalized spacial score (nSPS) is 13.4. The average molecular weight is 316 g/mol. The van der Waals surface area contributed by atoms with Gasteiger partial charge >= 0.3 is 6.18 Å². The maximum absolute atomic E-state index is 12.7. The fourth-order valence-electron chi connectivity index (χ4n) is 1.74. The SMILES string of the molecule is CCCNC(c1cnc(C)cn1)c1cnc(C(F)(F)F)s1. The zero-order valence-corrected chi connectivity index (χ0v) is 12.4. The quantitative estimate of drug-likeness (QED) is 0.919. The van der Waals surface area contributed by atoms with Crippen molar-refractivity contribution in [1.29, 1.82) is 0 Å². The van der Waals surface area contributed by atoms with E-state index in [9.17, 15) is 13.2 Å². The molecule has 0 fully saturated rings. The van der Waals surface area contributed by atoms with E-state index in [1.807, 2.05) is 6.92 Å². The second-order valence-electron chi connectivity index (χ2n) is 4.54. The Morgan fingerprint density at radius 1 is 1.19 bits per heavy atom. The van der Waals surface area contributed by atoms with E-state index >= 15 is 0 Å². The third kappa shape index (κ3) is 3.98. The Labute approximate surface area is 124 Å². The minimum Gasteiger partial charge on any atom is -0.304 e. The number of thiazole rings is 1. The van der Waals surface area contributed by atoms with E-state index in [1.54, 1.807) is 19.3 Å². The minimum atomic E-state index is -4.42. The number of alkyl halides is 3. The predicted octanol–water partition coefficient (Wildman–Crippen LogP) is 3.35. The molecule has 2 heterocycles. The molecule has 0 aliphatic carbocycles. The molecule has 0 bridgehead atoms. The van der Waals surface area contributed by atoms with Gasteiger partial charge in [-0.05, 0) is 19.9 Å². The van der Waals surface area contributed by atoms with Crippen molar-refractivity contribution < 1.29 is 13.2 Å². The molecule has 1 atom stereocenters. The van der Waals surface area contributed by atoms with Crippen molar-refractivity contribution in [3.63, 3.8) is 0 Å². The van der Waals surface area contributed by atoms with Crippen LogP contribution in [0, 0.1) is 6.92 Å². The molecule has 0 aliphatic heterocycles. The molecule has 0 saturated heterocycles. The lowest BCUT2D eigenvalue weighted by molar-refractivity contribution is -0.137. The summed E-state index contributed by atoms with van der Waals surface area (Å²) in [6.07, 6.45) is 0.873. The molecule has 114 valence electrons. The molecule has 2 rings (SSSR count). The summed E-state index contributed by atoms with van der Waals surface area (Å²) in [5.41, 5.74) is 1.35. The van der Waals surface area contributed by atoms with Crippen molar-refractivity contribution in [2.24, 2.45) is 0 Å². The van der Waals surface area contributed by atoms with Crippen LogP contribution in [-0.4, -0.2) is 21.5 Å². The maximum atomic E-state index is 12.7. The molecule has 0 radical (unpaired) electrons. The van der Waals surface area contributed by atoms with Crippen LogP contribution in [-0.2, 0) is 6.18 Å². The van der Waals surface area contributed by atoms with Crippen LogP contribution in [0.15, 0.2) is 18.6 Å². The Morgan fingerprint density at radius 2 is 1.95 bits per heavy atom. The van der Waals surface area contributed by atoms with Crippen molar-refractivity contribution in [3.05, 3.63) is 39.9 Å². The van der Waals surface area contributed by atoms with Gasteiger partial charge in [0.05, 0.1) is 23.6 Å². The van der Waals surface area contributed by atoms with Crippen molar-refractivity contribution in [1.82, 2.24) is 20.3 Å². The minimum absolute atomic E-state index is 0.424. The summed E-state index contributed by atoms with van der Waals surface area (Å²) in [5, 5.41) is 2.34. The Balaban J connectivity index is 2.31. The van der Waals surface area contributed by atoms with Gasteiger partial charge in [0, 0.05) is 17.3 Å². The zero-order chi connectivity index (χ0) is 15.5. The fourth-order valence-corrected chi connectivity index (χ4v) is 2.61. The third-order valence-electron chi connectivity index (χ3n) is 2.75. The maximum Gasteiger partial charge on any atom is 0.443 e. The first-order valence-electron chi connectivity index (χ1n) is 6.46. The molecule has 0 aliphatic rings. The number of rotatable bonds is 5. The van der Waals surface area contributed by atoms with Gasteiger partial charge in [0.25, 0.3) is 0 Å². The molecule has 0 saturated carbocycles. The van der Waals surface area contributed by atoms with Gasteiger partial charge in [-0.1, -0.05) is 6.92 Å². The van der Waals surface area contributed by atoms with Crippen molar-refractivity contribution in [3.8, 4) is 0 Å². The molecule has 1 unspecified atom stereocenters. The Hall–Kier alpha value is -1.54. The number of nitrogens with zero attached hydrogens (tertiary/aromatic N) is 3. The van der Waals surface area contributed by atoms with Crippen molar-refractivity contribution >= 4 is 11.3 Å². The fraction of sp³-hybridized carbons (Fsp3) is 0.462. The van der Waals surface area contributed by atoms with Gasteiger partial charge in [-0.3, -0.25) is 9.97 Å². The number of aryl methyl sites for hydroxylation is 1. The monoisotopic (exact) mass is 316 g/mol. The van der Waals surface area contributed by atoms with Crippen LogP contribution in [0.4, 0.5) is 13.2 Å². The molecular formula is C13H15F3N4S. The standard InChI is InChI=1S/C13H15F3N4S/c1-3-4-17-11(9-6-18-8(2)5-19-9)10-7-20-12(21-10)13(14,15)16/h5-7,11,17H,3-4H2,1-2H3.